The van der Waals surface area contributed by atoms with Gasteiger partial charge in [-0.1, -0.05) is 6.07 Å². The van der Waals surface area contributed by atoms with E-state index in [1.54, 1.807) is 17.7 Å². The van der Waals surface area contributed by atoms with Crippen LogP contribution in [-0.2, 0) is 16.1 Å². The third kappa shape index (κ3) is 2.12. The maximum absolute atomic E-state index is 11.5. The molecule has 0 spiro atoms. The molecule has 1 aromatic carbocycles. The highest BCUT2D eigenvalue weighted by molar-refractivity contribution is 8.14. The second kappa shape index (κ2) is 4.23. The van der Waals surface area contributed by atoms with Crippen LogP contribution in [-0.4, -0.2) is 19.6 Å². The summed E-state index contributed by atoms with van der Waals surface area (Å²) in [5.74, 6) is 0.532. The van der Waals surface area contributed by atoms with Gasteiger partial charge in [-0.15, -0.1) is 0 Å². The number of aromatic nitrogens is 1. The van der Waals surface area contributed by atoms with Crippen LogP contribution in [0.4, 0.5) is 0 Å². The van der Waals surface area contributed by atoms with Gasteiger partial charge >= 0.3 is 0 Å². The summed E-state index contributed by atoms with van der Waals surface area (Å²) in [5.41, 5.74) is 0.773. The summed E-state index contributed by atoms with van der Waals surface area (Å²) in [7, 11) is 3.42. The zero-order valence-electron chi connectivity index (χ0n) is 9.47. The van der Waals surface area contributed by atoms with E-state index in [1.807, 2.05) is 19.1 Å². The van der Waals surface area contributed by atoms with E-state index in [2.05, 4.69) is 0 Å². The SMILES string of the molecule is CCOc1cccc2c1c(S(=O)(=O)Cl)cn2C. The number of hydrogen-bond donors (Lipinski definition) is 0. The molecular formula is C11H12ClNO3S. The molecule has 0 unspecified atom stereocenters. The van der Waals surface area contributed by atoms with Crippen LogP contribution in [0.15, 0.2) is 29.3 Å². The Bertz CT molecular complexity index is 661. The Labute approximate surface area is 104 Å². The number of hydrogen-bond acceptors (Lipinski definition) is 3. The first-order valence-electron chi connectivity index (χ1n) is 5.10. The number of benzene rings is 1. The van der Waals surface area contributed by atoms with Crippen LogP contribution in [0.5, 0.6) is 5.75 Å². The maximum Gasteiger partial charge on any atom is 0.263 e. The standard InChI is InChI=1S/C11H12ClNO3S/c1-3-16-9-6-4-5-8-11(9)10(7-13(8)2)17(12,14)15/h4-7H,3H2,1-2H3. The van der Waals surface area contributed by atoms with Gasteiger partial charge in [-0.05, 0) is 19.1 Å². The Morgan fingerprint density at radius 1 is 1.41 bits per heavy atom. The summed E-state index contributed by atoms with van der Waals surface area (Å²) in [5, 5.41) is 0.534. The number of halogens is 1. The Hall–Kier alpha value is -1.20. The van der Waals surface area contributed by atoms with Crippen molar-refractivity contribution in [2.45, 2.75) is 11.8 Å². The predicted octanol–water partition coefficient (Wildman–Crippen LogP) is 2.50. The molecule has 0 bridgehead atoms. The van der Waals surface area contributed by atoms with Crippen molar-refractivity contribution in [3.63, 3.8) is 0 Å². The predicted molar refractivity (Wildman–Crippen MR) is 67.1 cm³/mol. The van der Waals surface area contributed by atoms with Crippen LogP contribution < -0.4 is 4.74 Å². The average molecular weight is 274 g/mol. The van der Waals surface area contributed by atoms with E-state index in [-0.39, 0.29) is 4.90 Å². The molecule has 0 N–H and O–H groups in total. The van der Waals surface area contributed by atoms with Crippen LogP contribution >= 0.6 is 10.7 Å². The molecule has 0 atom stereocenters. The van der Waals surface area contributed by atoms with Crippen molar-refractivity contribution in [1.82, 2.24) is 4.57 Å². The molecule has 17 heavy (non-hydrogen) atoms. The number of fused-ring (bicyclic) bond motifs is 1. The lowest BCUT2D eigenvalue weighted by Crippen LogP contribution is -1.94. The largest absolute Gasteiger partial charge is 0.493 e. The van der Waals surface area contributed by atoms with Crippen LogP contribution in [0, 0.1) is 0 Å². The normalized spacial score (nSPS) is 11.9. The summed E-state index contributed by atoms with van der Waals surface area (Å²) in [4.78, 5) is 0.0840. The van der Waals surface area contributed by atoms with Crippen LogP contribution in [0.1, 0.15) is 6.92 Å². The first-order valence-corrected chi connectivity index (χ1v) is 7.41. The third-order valence-corrected chi connectivity index (χ3v) is 3.84. The highest BCUT2D eigenvalue weighted by Crippen LogP contribution is 2.34. The van der Waals surface area contributed by atoms with E-state index >= 15 is 0 Å². The molecule has 0 saturated carbocycles. The molecular weight excluding hydrogens is 262 g/mol. The van der Waals surface area contributed by atoms with Crippen LogP contribution in [0.25, 0.3) is 10.9 Å². The van der Waals surface area contributed by atoms with Gasteiger partial charge in [-0.3, -0.25) is 0 Å². The van der Waals surface area contributed by atoms with E-state index in [0.717, 1.165) is 5.52 Å². The van der Waals surface area contributed by atoms with Gasteiger partial charge in [0, 0.05) is 23.9 Å². The van der Waals surface area contributed by atoms with E-state index in [0.29, 0.717) is 17.7 Å². The molecule has 1 heterocycles. The van der Waals surface area contributed by atoms with E-state index in [1.165, 1.54) is 6.20 Å². The van der Waals surface area contributed by atoms with Crippen molar-refractivity contribution >= 4 is 30.6 Å². The van der Waals surface area contributed by atoms with Crippen LogP contribution in [0.2, 0.25) is 0 Å². The monoisotopic (exact) mass is 273 g/mol. The Morgan fingerprint density at radius 2 is 2.12 bits per heavy atom. The van der Waals surface area contributed by atoms with Crippen molar-refractivity contribution in [3.05, 3.63) is 24.4 Å². The Morgan fingerprint density at radius 3 is 2.71 bits per heavy atom. The lowest BCUT2D eigenvalue weighted by Gasteiger charge is -2.05. The lowest BCUT2D eigenvalue weighted by atomic mass is 10.2. The number of aryl methyl sites for hydroxylation is 1. The van der Waals surface area contributed by atoms with Crippen molar-refractivity contribution in [2.24, 2.45) is 7.05 Å². The molecule has 2 rings (SSSR count). The smallest absolute Gasteiger partial charge is 0.263 e. The van der Waals surface area contributed by atoms with Crippen molar-refractivity contribution in [2.75, 3.05) is 6.61 Å². The second-order valence-electron chi connectivity index (χ2n) is 3.63. The first kappa shape index (κ1) is 12.3. The average Bonchev–Trinajstić information content (AvgIpc) is 2.58. The minimum absolute atomic E-state index is 0.0840. The quantitative estimate of drug-likeness (QED) is 0.808. The minimum Gasteiger partial charge on any atom is -0.493 e. The zero-order chi connectivity index (χ0) is 12.6. The van der Waals surface area contributed by atoms with E-state index in [4.69, 9.17) is 15.4 Å². The molecule has 0 aliphatic heterocycles. The van der Waals surface area contributed by atoms with E-state index in [9.17, 15) is 8.42 Å². The first-order chi connectivity index (χ1) is 7.95. The summed E-state index contributed by atoms with van der Waals surface area (Å²) in [6.45, 7) is 2.31. The number of ether oxygens (including phenoxy) is 1. The molecule has 0 aliphatic rings. The molecule has 4 nitrogen and oxygen atoms in total. The molecule has 1 aromatic heterocycles. The van der Waals surface area contributed by atoms with E-state index < -0.39 is 9.05 Å². The Balaban J connectivity index is 2.86. The summed E-state index contributed by atoms with van der Waals surface area (Å²) in [6.07, 6.45) is 1.50. The van der Waals surface area contributed by atoms with Crippen molar-refractivity contribution in [1.29, 1.82) is 0 Å². The van der Waals surface area contributed by atoms with Gasteiger partial charge in [-0.25, -0.2) is 8.42 Å². The van der Waals surface area contributed by atoms with Gasteiger partial charge in [-0.2, -0.15) is 0 Å². The Kier molecular flexibility index (Phi) is 3.05. The molecule has 92 valence electrons. The molecule has 0 aliphatic carbocycles. The van der Waals surface area contributed by atoms with Gasteiger partial charge in [0.15, 0.2) is 0 Å². The second-order valence-corrected chi connectivity index (χ2v) is 6.16. The van der Waals surface area contributed by atoms with Gasteiger partial charge in [0.1, 0.15) is 10.6 Å². The summed E-state index contributed by atoms with van der Waals surface area (Å²) in [6, 6.07) is 5.37. The van der Waals surface area contributed by atoms with Gasteiger partial charge < -0.3 is 9.30 Å². The van der Waals surface area contributed by atoms with Gasteiger partial charge in [0.25, 0.3) is 9.05 Å². The number of nitrogens with zero attached hydrogens (tertiary/aromatic N) is 1. The fourth-order valence-corrected chi connectivity index (χ4v) is 2.92. The van der Waals surface area contributed by atoms with Gasteiger partial charge in [0.2, 0.25) is 0 Å². The van der Waals surface area contributed by atoms with Gasteiger partial charge in [0.05, 0.1) is 17.5 Å². The summed E-state index contributed by atoms with van der Waals surface area (Å²) < 4.78 is 30.2. The minimum atomic E-state index is -3.78. The third-order valence-electron chi connectivity index (χ3n) is 2.50. The highest BCUT2D eigenvalue weighted by Gasteiger charge is 2.20. The molecule has 0 radical (unpaired) electrons. The maximum atomic E-state index is 11.5. The summed E-state index contributed by atoms with van der Waals surface area (Å²) >= 11 is 0. The molecule has 6 heteroatoms. The lowest BCUT2D eigenvalue weighted by molar-refractivity contribution is 0.344. The van der Waals surface area contributed by atoms with Crippen LogP contribution in [0.3, 0.4) is 0 Å². The fraction of sp³-hybridized carbons (Fsp3) is 0.273. The molecule has 0 amide bonds. The fourth-order valence-electron chi connectivity index (χ4n) is 1.83. The highest BCUT2D eigenvalue weighted by atomic mass is 35.7. The number of rotatable bonds is 3. The van der Waals surface area contributed by atoms with Crippen molar-refractivity contribution < 1.29 is 13.2 Å². The molecule has 2 aromatic rings. The molecule has 0 fully saturated rings. The topological polar surface area (TPSA) is 48.3 Å². The zero-order valence-corrected chi connectivity index (χ0v) is 11.0. The van der Waals surface area contributed by atoms with Crippen molar-refractivity contribution in [3.8, 4) is 5.75 Å². The molecule has 0 saturated heterocycles.